The van der Waals surface area contributed by atoms with E-state index in [1.54, 1.807) is 35.8 Å². The molecular weight excluding hydrogens is 308 g/mol. The summed E-state index contributed by atoms with van der Waals surface area (Å²) in [7, 11) is 0. The fourth-order valence-corrected chi connectivity index (χ4v) is 2.70. The van der Waals surface area contributed by atoms with E-state index in [1.807, 2.05) is 12.1 Å². The van der Waals surface area contributed by atoms with Crippen LogP contribution in [0, 0.1) is 0 Å². The second-order valence-electron chi connectivity index (χ2n) is 5.54. The van der Waals surface area contributed by atoms with Crippen molar-refractivity contribution < 1.29 is 19.5 Å². The highest BCUT2D eigenvalue weighted by Crippen LogP contribution is 2.29. The Kier molecular flexibility index (Phi) is 4.77. The van der Waals surface area contributed by atoms with Gasteiger partial charge in [0.1, 0.15) is 5.75 Å². The van der Waals surface area contributed by atoms with Gasteiger partial charge in [-0.3, -0.25) is 14.8 Å². The van der Waals surface area contributed by atoms with Crippen LogP contribution < -0.4 is 15.5 Å². The molecular formula is C18H18N2O4. The lowest BCUT2D eigenvalue weighted by atomic mass is 10.1. The Balaban J connectivity index is 1.56. The first kappa shape index (κ1) is 16.0. The Morgan fingerprint density at radius 2 is 1.88 bits per heavy atom. The van der Waals surface area contributed by atoms with Crippen LogP contribution >= 0.6 is 0 Å². The van der Waals surface area contributed by atoms with Gasteiger partial charge < -0.3 is 10.1 Å². The van der Waals surface area contributed by atoms with Crippen molar-refractivity contribution in [2.45, 2.75) is 12.8 Å². The minimum atomic E-state index is -0.548. The Hall–Kier alpha value is -2.86. The maximum atomic E-state index is 12.3. The van der Waals surface area contributed by atoms with Crippen LogP contribution in [0.5, 0.6) is 5.75 Å². The summed E-state index contributed by atoms with van der Waals surface area (Å²) in [5.74, 6) is -0.00724. The van der Waals surface area contributed by atoms with Crippen LogP contribution in [0.1, 0.15) is 31.8 Å². The van der Waals surface area contributed by atoms with Crippen molar-refractivity contribution in [3.8, 4) is 5.75 Å². The Morgan fingerprint density at radius 1 is 1.08 bits per heavy atom. The van der Waals surface area contributed by atoms with Crippen LogP contribution in [0.15, 0.2) is 42.5 Å². The summed E-state index contributed by atoms with van der Waals surface area (Å²) in [4.78, 5) is 23.6. The molecule has 0 saturated carbocycles. The number of carbonyl (C=O) groups excluding carboxylic acids is 2. The number of rotatable bonds is 5. The highest BCUT2D eigenvalue weighted by molar-refractivity contribution is 5.97. The van der Waals surface area contributed by atoms with Crippen molar-refractivity contribution >= 4 is 11.8 Å². The van der Waals surface area contributed by atoms with Crippen molar-refractivity contribution in [2.75, 3.05) is 13.2 Å². The van der Waals surface area contributed by atoms with Crippen LogP contribution in [0.4, 0.5) is 0 Å². The molecule has 0 spiro atoms. The maximum absolute atomic E-state index is 12.3. The molecule has 0 atom stereocenters. The number of hydrogen-bond donors (Lipinski definition) is 3. The molecule has 1 aliphatic rings. The zero-order valence-electron chi connectivity index (χ0n) is 13.0. The summed E-state index contributed by atoms with van der Waals surface area (Å²) in [5, 5.41) is 11.5. The predicted octanol–water partition coefficient (Wildman–Crippen LogP) is 1.71. The first-order valence-electron chi connectivity index (χ1n) is 7.75. The lowest BCUT2D eigenvalue weighted by Crippen LogP contribution is -2.26. The van der Waals surface area contributed by atoms with E-state index < -0.39 is 5.91 Å². The van der Waals surface area contributed by atoms with Gasteiger partial charge in [0.15, 0.2) is 0 Å². The number of hydrogen-bond acceptors (Lipinski definition) is 4. The fourth-order valence-electron chi connectivity index (χ4n) is 2.70. The van der Waals surface area contributed by atoms with E-state index in [9.17, 15) is 9.59 Å². The molecule has 0 radical (unpaired) electrons. The second-order valence-corrected chi connectivity index (χ2v) is 5.54. The number of amides is 2. The minimum absolute atomic E-state index is 0.148. The number of ether oxygens (including phenoxy) is 1. The molecule has 3 rings (SSSR count). The SMILES string of the molecule is O=C(NO)c1ccc(CCNC(=O)c2cccc3c2OCC3)cc1. The Labute approximate surface area is 139 Å². The summed E-state index contributed by atoms with van der Waals surface area (Å²) in [6.45, 7) is 1.10. The van der Waals surface area contributed by atoms with Gasteiger partial charge in [-0.1, -0.05) is 24.3 Å². The van der Waals surface area contributed by atoms with E-state index in [-0.39, 0.29) is 5.91 Å². The molecule has 0 aromatic heterocycles. The Bertz CT molecular complexity index is 756. The summed E-state index contributed by atoms with van der Waals surface area (Å²) < 4.78 is 5.54. The number of carbonyl (C=O) groups is 2. The zero-order valence-corrected chi connectivity index (χ0v) is 13.0. The minimum Gasteiger partial charge on any atom is -0.492 e. The van der Waals surface area contributed by atoms with Crippen molar-refractivity contribution in [2.24, 2.45) is 0 Å². The average molecular weight is 326 g/mol. The first-order valence-corrected chi connectivity index (χ1v) is 7.75. The number of benzene rings is 2. The maximum Gasteiger partial charge on any atom is 0.274 e. The van der Waals surface area contributed by atoms with Crippen LogP contribution in [0.3, 0.4) is 0 Å². The molecule has 0 bridgehead atoms. The topological polar surface area (TPSA) is 87.7 Å². The lowest BCUT2D eigenvalue weighted by Gasteiger charge is -2.09. The zero-order chi connectivity index (χ0) is 16.9. The second kappa shape index (κ2) is 7.14. The molecule has 0 saturated heterocycles. The van der Waals surface area contributed by atoms with Crippen molar-refractivity contribution in [3.63, 3.8) is 0 Å². The van der Waals surface area contributed by atoms with Gasteiger partial charge in [0, 0.05) is 18.5 Å². The average Bonchev–Trinajstić information content (AvgIpc) is 3.10. The first-order chi connectivity index (χ1) is 11.7. The van der Waals surface area contributed by atoms with Crippen molar-refractivity contribution in [1.82, 2.24) is 10.8 Å². The third-order valence-electron chi connectivity index (χ3n) is 3.98. The van der Waals surface area contributed by atoms with E-state index in [4.69, 9.17) is 9.94 Å². The van der Waals surface area contributed by atoms with Crippen molar-refractivity contribution in [3.05, 3.63) is 64.7 Å². The number of para-hydroxylation sites is 1. The van der Waals surface area contributed by atoms with E-state index in [0.717, 1.165) is 17.5 Å². The summed E-state index contributed by atoms with van der Waals surface area (Å²) >= 11 is 0. The van der Waals surface area contributed by atoms with Gasteiger partial charge in [-0.05, 0) is 35.7 Å². The molecule has 124 valence electrons. The van der Waals surface area contributed by atoms with Gasteiger partial charge in [0.2, 0.25) is 0 Å². The van der Waals surface area contributed by atoms with Crippen LogP contribution in [-0.2, 0) is 12.8 Å². The number of hydroxylamine groups is 1. The Morgan fingerprint density at radius 3 is 2.62 bits per heavy atom. The van der Waals surface area contributed by atoms with Crippen LogP contribution in [0.2, 0.25) is 0 Å². The summed E-state index contributed by atoms with van der Waals surface area (Å²) in [5.41, 5.74) is 4.59. The fraction of sp³-hybridized carbons (Fsp3) is 0.222. The summed E-state index contributed by atoms with van der Waals surface area (Å²) in [6.07, 6.45) is 1.48. The number of nitrogens with one attached hydrogen (secondary N) is 2. The molecule has 6 nitrogen and oxygen atoms in total. The predicted molar refractivity (Wildman–Crippen MR) is 87.4 cm³/mol. The van der Waals surface area contributed by atoms with Gasteiger partial charge >= 0.3 is 0 Å². The van der Waals surface area contributed by atoms with Gasteiger partial charge in [0.25, 0.3) is 11.8 Å². The normalized spacial score (nSPS) is 12.2. The van der Waals surface area contributed by atoms with Gasteiger partial charge in [-0.2, -0.15) is 0 Å². The molecule has 2 aromatic carbocycles. The van der Waals surface area contributed by atoms with Gasteiger partial charge in [-0.25, -0.2) is 5.48 Å². The highest BCUT2D eigenvalue weighted by atomic mass is 16.5. The third-order valence-corrected chi connectivity index (χ3v) is 3.98. The number of fused-ring (bicyclic) bond motifs is 1. The molecule has 24 heavy (non-hydrogen) atoms. The van der Waals surface area contributed by atoms with E-state index >= 15 is 0 Å². The summed E-state index contributed by atoms with van der Waals surface area (Å²) in [6, 6.07) is 12.4. The molecule has 1 heterocycles. The lowest BCUT2D eigenvalue weighted by molar-refractivity contribution is 0.0706. The molecule has 0 fully saturated rings. The van der Waals surface area contributed by atoms with Gasteiger partial charge in [0.05, 0.1) is 12.2 Å². The molecule has 2 aromatic rings. The van der Waals surface area contributed by atoms with Crippen molar-refractivity contribution in [1.29, 1.82) is 0 Å². The van der Waals surface area contributed by atoms with Crippen LogP contribution in [0.25, 0.3) is 0 Å². The highest BCUT2D eigenvalue weighted by Gasteiger charge is 2.19. The van der Waals surface area contributed by atoms with E-state index in [2.05, 4.69) is 5.32 Å². The molecule has 0 unspecified atom stereocenters. The van der Waals surface area contributed by atoms with Gasteiger partial charge in [-0.15, -0.1) is 0 Å². The molecule has 3 N–H and O–H groups in total. The van der Waals surface area contributed by atoms with E-state index in [0.29, 0.717) is 36.4 Å². The standard InChI is InChI=1S/C18H18N2O4/c21-17(20-23)14-6-4-12(5-7-14)8-10-19-18(22)15-3-1-2-13-9-11-24-16(13)15/h1-7,23H,8-11H2,(H,19,22)(H,20,21). The van der Waals surface area contributed by atoms with E-state index in [1.165, 1.54) is 0 Å². The smallest absolute Gasteiger partial charge is 0.274 e. The molecule has 2 amide bonds. The quantitative estimate of drug-likeness (QED) is 0.577. The largest absolute Gasteiger partial charge is 0.492 e. The molecule has 6 heteroatoms. The third kappa shape index (κ3) is 3.38. The monoisotopic (exact) mass is 326 g/mol. The van der Waals surface area contributed by atoms with Crippen LogP contribution in [-0.4, -0.2) is 30.2 Å². The molecule has 0 aliphatic carbocycles. The molecule has 1 aliphatic heterocycles.